The fraction of sp³-hybridized carbons (Fsp3) is 0.786. The van der Waals surface area contributed by atoms with E-state index in [0.717, 1.165) is 46.4 Å². The third-order valence-electron chi connectivity index (χ3n) is 10.8. The van der Waals surface area contributed by atoms with Crippen molar-refractivity contribution in [2.45, 2.75) is 85.5 Å². The monoisotopic (exact) mass is 412 g/mol. The molecule has 0 aliphatic heterocycles. The summed E-state index contributed by atoms with van der Waals surface area (Å²) in [6, 6.07) is 8.80. The van der Waals surface area contributed by atoms with Crippen LogP contribution in [0.5, 0.6) is 0 Å². The molecule has 0 bridgehead atoms. The molecule has 4 saturated carbocycles. The lowest BCUT2D eigenvalue weighted by Crippen LogP contribution is -2.60. The van der Waals surface area contributed by atoms with Gasteiger partial charge >= 0.3 is 0 Å². The number of halogens is 1. The van der Waals surface area contributed by atoms with Crippen LogP contribution in [0.3, 0.4) is 0 Å². The van der Waals surface area contributed by atoms with Crippen LogP contribution in [0.25, 0.3) is 0 Å². The van der Waals surface area contributed by atoms with Gasteiger partial charge in [-0.2, -0.15) is 0 Å². The normalized spacial score (nSPS) is 49.2. The first-order valence-electron chi connectivity index (χ1n) is 12.6. The second-order valence-electron chi connectivity index (χ2n) is 12.1. The van der Waals surface area contributed by atoms with Gasteiger partial charge in [0.1, 0.15) is 0 Å². The Morgan fingerprint density at radius 2 is 1.62 bits per heavy atom. The second-order valence-corrected chi connectivity index (χ2v) is 12.6. The highest BCUT2D eigenvalue weighted by Gasteiger charge is 2.62. The van der Waals surface area contributed by atoms with Gasteiger partial charge in [-0.1, -0.05) is 70.7 Å². The standard InChI is InChI=1S/C28H41Cl/c1-18-7-5-15-28(4)24-13-16-27(3)14-6-8-23(27)25(24)19(2)22(26(18)28)17-20-9-11-21(29)12-10-20/h9-12,18-19,22-26H,5-8,13-17H2,1-4H3/t18?,19-,22+,23-,24-,25-,26+,27-,28+/m0/s1. The van der Waals surface area contributed by atoms with Gasteiger partial charge in [-0.3, -0.25) is 0 Å². The van der Waals surface area contributed by atoms with Crippen LogP contribution in [0, 0.1) is 52.3 Å². The minimum Gasteiger partial charge on any atom is -0.0843 e. The average Bonchev–Trinajstić information content (AvgIpc) is 3.08. The van der Waals surface area contributed by atoms with Gasteiger partial charge in [-0.15, -0.1) is 0 Å². The molecule has 1 aromatic carbocycles. The molecule has 0 heterocycles. The molecule has 0 saturated heterocycles. The van der Waals surface area contributed by atoms with E-state index in [1.807, 2.05) is 0 Å². The highest BCUT2D eigenvalue weighted by atomic mass is 35.5. The van der Waals surface area contributed by atoms with Crippen LogP contribution in [0.2, 0.25) is 5.02 Å². The number of hydrogen-bond donors (Lipinski definition) is 0. The summed E-state index contributed by atoms with van der Waals surface area (Å²) in [6.07, 6.45) is 13.1. The summed E-state index contributed by atoms with van der Waals surface area (Å²) in [5, 5.41) is 0.871. The third-order valence-corrected chi connectivity index (χ3v) is 11.1. The zero-order valence-corrected chi connectivity index (χ0v) is 19.8. The van der Waals surface area contributed by atoms with Crippen LogP contribution in [0.15, 0.2) is 24.3 Å². The molecule has 0 spiro atoms. The minimum absolute atomic E-state index is 0.565. The average molecular weight is 413 g/mol. The summed E-state index contributed by atoms with van der Waals surface area (Å²) in [4.78, 5) is 0. The molecule has 4 fully saturated rings. The summed E-state index contributed by atoms with van der Waals surface area (Å²) in [7, 11) is 0. The third kappa shape index (κ3) is 3.14. The highest BCUT2D eigenvalue weighted by molar-refractivity contribution is 6.30. The molecule has 9 atom stereocenters. The van der Waals surface area contributed by atoms with Crippen molar-refractivity contribution in [3.8, 4) is 0 Å². The predicted octanol–water partition coefficient (Wildman–Crippen LogP) is 8.42. The SMILES string of the molecule is CC1CCC[C@@]2(C)[C@H]1[C@H](Cc1ccc(Cl)cc1)[C@H](C)[C@H]1[C@@H]3CCC[C@@]3(C)CC[C@@H]12. The smallest absolute Gasteiger partial charge is 0.0406 e. The van der Waals surface area contributed by atoms with E-state index in [4.69, 9.17) is 11.6 Å². The molecule has 5 rings (SSSR count). The molecule has 1 unspecified atom stereocenters. The maximum absolute atomic E-state index is 6.21. The summed E-state index contributed by atoms with van der Waals surface area (Å²) in [6.45, 7) is 10.7. The first-order valence-corrected chi connectivity index (χ1v) is 13.0. The molecular formula is C28H41Cl. The van der Waals surface area contributed by atoms with Crippen molar-refractivity contribution in [1.29, 1.82) is 0 Å². The van der Waals surface area contributed by atoms with Crippen molar-refractivity contribution < 1.29 is 0 Å². The van der Waals surface area contributed by atoms with E-state index in [1.54, 1.807) is 0 Å². The molecule has 1 heteroatoms. The fourth-order valence-electron chi connectivity index (χ4n) is 9.65. The van der Waals surface area contributed by atoms with Crippen molar-refractivity contribution in [3.63, 3.8) is 0 Å². The van der Waals surface area contributed by atoms with Crippen LogP contribution in [-0.4, -0.2) is 0 Å². The Bertz CT molecular complexity index is 737. The van der Waals surface area contributed by atoms with Crippen LogP contribution in [0.4, 0.5) is 0 Å². The Labute approximate surface area is 184 Å². The van der Waals surface area contributed by atoms with Gasteiger partial charge in [0.15, 0.2) is 0 Å². The summed E-state index contributed by atoms with van der Waals surface area (Å²) >= 11 is 6.21. The highest BCUT2D eigenvalue weighted by Crippen LogP contribution is 2.69. The molecule has 1 aromatic rings. The van der Waals surface area contributed by atoms with Crippen LogP contribution in [0.1, 0.15) is 84.6 Å². The lowest BCUT2D eigenvalue weighted by atomic mass is 9.39. The van der Waals surface area contributed by atoms with Crippen molar-refractivity contribution in [3.05, 3.63) is 34.9 Å². The number of hydrogen-bond acceptors (Lipinski definition) is 0. The summed E-state index contributed by atoms with van der Waals surface area (Å²) in [5.41, 5.74) is 2.72. The van der Waals surface area contributed by atoms with E-state index in [1.165, 1.54) is 63.4 Å². The lowest BCUT2D eigenvalue weighted by Gasteiger charge is -2.66. The largest absolute Gasteiger partial charge is 0.0843 e. The van der Waals surface area contributed by atoms with E-state index < -0.39 is 0 Å². The topological polar surface area (TPSA) is 0 Å². The van der Waals surface area contributed by atoms with Crippen LogP contribution >= 0.6 is 11.6 Å². The van der Waals surface area contributed by atoms with E-state index in [9.17, 15) is 0 Å². The van der Waals surface area contributed by atoms with Gasteiger partial charge in [-0.05, 0) is 108 Å². The zero-order valence-electron chi connectivity index (χ0n) is 19.1. The van der Waals surface area contributed by atoms with Gasteiger partial charge in [0.05, 0.1) is 0 Å². The van der Waals surface area contributed by atoms with Crippen molar-refractivity contribution in [2.75, 3.05) is 0 Å². The Hall–Kier alpha value is -0.490. The molecule has 0 amide bonds. The Morgan fingerprint density at radius 3 is 2.38 bits per heavy atom. The number of rotatable bonds is 2. The minimum atomic E-state index is 0.565. The zero-order chi connectivity index (χ0) is 20.4. The summed E-state index contributed by atoms with van der Waals surface area (Å²) < 4.78 is 0. The first kappa shape index (κ1) is 20.4. The Kier molecular flexibility index (Phi) is 5.13. The van der Waals surface area contributed by atoms with E-state index in [0.29, 0.717) is 10.8 Å². The Morgan fingerprint density at radius 1 is 0.897 bits per heavy atom. The summed E-state index contributed by atoms with van der Waals surface area (Å²) in [5.74, 6) is 6.39. The van der Waals surface area contributed by atoms with Gasteiger partial charge in [0, 0.05) is 5.02 Å². The molecule has 0 nitrogen and oxygen atoms in total. The molecule has 4 aliphatic carbocycles. The lowest BCUT2D eigenvalue weighted by molar-refractivity contribution is -0.172. The Balaban J connectivity index is 1.54. The molecule has 0 aromatic heterocycles. The van der Waals surface area contributed by atoms with Gasteiger partial charge in [-0.25, -0.2) is 0 Å². The van der Waals surface area contributed by atoms with E-state index >= 15 is 0 Å². The van der Waals surface area contributed by atoms with Gasteiger partial charge in [0.25, 0.3) is 0 Å². The van der Waals surface area contributed by atoms with Crippen LogP contribution < -0.4 is 0 Å². The molecule has 29 heavy (non-hydrogen) atoms. The van der Waals surface area contributed by atoms with E-state index in [-0.39, 0.29) is 0 Å². The second kappa shape index (κ2) is 7.29. The molecule has 0 radical (unpaired) electrons. The number of fused-ring (bicyclic) bond motifs is 5. The first-order chi connectivity index (χ1) is 13.8. The van der Waals surface area contributed by atoms with E-state index in [2.05, 4.69) is 52.0 Å². The van der Waals surface area contributed by atoms with Crippen molar-refractivity contribution in [2.24, 2.45) is 52.3 Å². The van der Waals surface area contributed by atoms with Crippen molar-refractivity contribution >= 4 is 11.6 Å². The maximum Gasteiger partial charge on any atom is 0.0406 e. The van der Waals surface area contributed by atoms with Gasteiger partial charge < -0.3 is 0 Å². The molecule has 0 N–H and O–H groups in total. The van der Waals surface area contributed by atoms with Crippen molar-refractivity contribution in [1.82, 2.24) is 0 Å². The molecular weight excluding hydrogens is 372 g/mol. The quantitative estimate of drug-likeness (QED) is 0.457. The van der Waals surface area contributed by atoms with Gasteiger partial charge in [0.2, 0.25) is 0 Å². The van der Waals surface area contributed by atoms with Crippen LogP contribution in [-0.2, 0) is 6.42 Å². The number of benzene rings is 1. The molecule has 160 valence electrons. The predicted molar refractivity (Wildman–Crippen MR) is 124 cm³/mol. The molecule has 4 aliphatic rings. The fourth-order valence-corrected chi connectivity index (χ4v) is 9.78. The maximum atomic E-state index is 6.21.